The minimum absolute atomic E-state index is 0.0545. The van der Waals surface area contributed by atoms with Crippen LogP contribution >= 0.6 is 15.9 Å². The zero-order valence-electron chi connectivity index (χ0n) is 19.1. The van der Waals surface area contributed by atoms with E-state index in [1.165, 1.54) is 18.3 Å². The Hall–Kier alpha value is -3.41. The maximum Gasteiger partial charge on any atom is 0.407 e. The number of nitrogens with two attached hydrogens (primary N) is 1. The Balaban J connectivity index is 1.82. The summed E-state index contributed by atoms with van der Waals surface area (Å²) in [6.45, 7) is 6.50. The van der Waals surface area contributed by atoms with Crippen LogP contribution in [0, 0.1) is 0 Å². The molecule has 0 saturated carbocycles. The zero-order chi connectivity index (χ0) is 25.0. The molecule has 0 unspecified atom stereocenters. The summed E-state index contributed by atoms with van der Waals surface area (Å²) < 4.78 is 5.88. The number of anilines is 3. The van der Waals surface area contributed by atoms with Gasteiger partial charge < -0.3 is 31.1 Å². The average Bonchev–Trinajstić information content (AvgIpc) is 2.71. The third-order valence-electron chi connectivity index (χ3n) is 4.87. The van der Waals surface area contributed by atoms with Crippen molar-refractivity contribution in [3.63, 3.8) is 0 Å². The van der Waals surface area contributed by atoms with Gasteiger partial charge in [0.25, 0.3) is 5.91 Å². The van der Waals surface area contributed by atoms with Crippen molar-refractivity contribution in [2.75, 3.05) is 23.3 Å². The molecule has 1 aromatic heterocycles. The topological polar surface area (TPSA) is 160 Å². The summed E-state index contributed by atoms with van der Waals surface area (Å²) in [5.74, 6) is -1.34. The smallest absolute Gasteiger partial charge is 0.407 e. The normalized spacial score (nSPS) is 16.0. The van der Waals surface area contributed by atoms with Crippen molar-refractivity contribution in [3.05, 3.63) is 40.0 Å². The third-order valence-corrected chi connectivity index (χ3v) is 5.33. The van der Waals surface area contributed by atoms with Gasteiger partial charge in [0.1, 0.15) is 17.0 Å². The lowest BCUT2D eigenvalue weighted by molar-refractivity contribution is 0.0499. The lowest BCUT2D eigenvalue weighted by atomic mass is 10.1. The van der Waals surface area contributed by atoms with Gasteiger partial charge in [-0.3, -0.25) is 4.79 Å². The minimum atomic E-state index is -1.10. The summed E-state index contributed by atoms with van der Waals surface area (Å²) in [6, 6.07) is 4.36. The fraction of sp³-hybridized carbons (Fsp3) is 0.409. The SMILES string of the molecule is CC(C)(C)OC(=O)N[C@H]1CCCN(c2ncc(C(N)=O)c(Nc3cc(Br)cc(C(=O)O)c3)n2)C1. The van der Waals surface area contributed by atoms with Crippen molar-refractivity contribution in [2.24, 2.45) is 5.73 Å². The van der Waals surface area contributed by atoms with Crippen LogP contribution in [0.2, 0.25) is 0 Å². The number of hydrogen-bond donors (Lipinski definition) is 4. The second kappa shape index (κ2) is 10.2. The number of carboxylic acids is 1. The van der Waals surface area contributed by atoms with Gasteiger partial charge in [0, 0.05) is 35.5 Å². The predicted molar refractivity (Wildman–Crippen MR) is 130 cm³/mol. The molecular formula is C22H27BrN6O5. The number of halogens is 1. The molecule has 2 amide bonds. The lowest BCUT2D eigenvalue weighted by Crippen LogP contribution is -2.49. The first-order valence-corrected chi connectivity index (χ1v) is 11.4. The van der Waals surface area contributed by atoms with E-state index in [1.807, 2.05) is 4.90 Å². The Morgan fingerprint density at radius 3 is 2.65 bits per heavy atom. The quantitative estimate of drug-likeness (QED) is 0.435. The summed E-state index contributed by atoms with van der Waals surface area (Å²) in [6.07, 6.45) is 2.40. The highest BCUT2D eigenvalue weighted by Crippen LogP contribution is 2.26. The van der Waals surface area contributed by atoms with E-state index in [9.17, 15) is 19.5 Å². The molecule has 1 atom stereocenters. The number of nitrogens with zero attached hydrogens (tertiary/aromatic N) is 3. The summed E-state index contributed by atoms with van der Waals surface area (Å²) in [7, 11) is 0. The van der Waals surface area contributed by atoms with Crippen LogP contribution in [-0.2, 0) is 4.74 Å². The van der Waals surface area contributed by atoms with E-state index in [4.69, 9.17) is 10.5 Å². The number of amides is 2. The number of nitrogens with one attached hydrogen (secondary N) is 2. The van der Waals surface area contributed by atoms with Gasteiger partial charge in [-0.1, -0.05) is 15.9 Å². The minimum Gasteiger partial charge on any atom is -0.478 e. The van der Waals surface area contributed by atoms with Gasteiger partial charge in [-0.2, -0.15) is 4.98 Å². The molecule has 5 N–H and O–H groups in total. The van der Waals surface area contributed by atoms with Crippen LogP contribution in [0.15, 0.2) is 28.9 Å². The Bertz CT molecular complexity index is 1100. The fourth-order valence-corrected chi connectivity index (χ4v) is 3.97. The number of alkyl carbamates (subject to hydrolysis) is 1. The average molecular weight is 535 g/mol. The van der Waals surface area contributed by atoms with E-state index in [-0.39, 0.29) is 23.0 Å². The van der Waals surface area contributed by atoms with Crippen molar-refractivity contribution in [2.45, 2.75) is 45.3 Å². The van der Waals surface area contributed by atoms with Crippen LogP contribution in [0.4, 0.5) is 22.2 Å². The molecule has 1 aromatic carbocycles. The van der Waals surface area contributed by atoms with Gasteiger partial charge >= 0.3 is 12.1 Å². The highest BCUT2D eigenvalue weighted by molar-refractivity contribution is 9.10. The largest absolute Gasteiger partial charge is 0.478 e. The maximum absolute atomic E-state index is 12.2. The molecule has 1 aliphatic heterocycles. The van der Waals surface area contributed by atoms with Gasteiger partial charge in [-0.05, 0) is 51.8 Å². The molecule has 12 heteroatoms. The van der Waals surface area contributed by atoms with Crippen molar-refractivity contribution < 1.29 is 24.2 Å². The first kappa shape index (κ1) is 25.2. The van der Waals surface area contributed by atoms with E-state index in [2.05, 4.69) is 36.5 Å². The highest BCUT2D eigenvalue weighted by atomic mass is 79.9. The van der Waals surface area contributed by atoms with E-state index in [1.54, 1.807) is 26.8 Å². The number of hydrogen-bond acceptors (Lipinski definition) is 8. The van der Waals surface area contributed by atoms with Crippen molar-refractivity contribution in [3.8, 4) is 0 Å². The fourth-order valence-electron chi connectivity index (χ4n) is 3.47. The lowest BCUT2D eigenvalue weighted by Gasteiger charge is -2.33. The van der Waals surface area contributed by atoms with E-state index < -0.39 is 23.6 Å². The zero-order valence-corrected chi connectivity index (χ0v) is 20.7. The number of primary amides is 1. The predicted octanol–water partition coefficient (Wildman–Crippen LogP) is 3.27. The number of carbonyl (C=O) groups is 3. The monoisotopic (exact) mass is 534 g/mol. The summed E-state index contributed by atoms with van der Waals surface area (Å²) in [4.78, 5) is 46.2. The molecule has 0 bridgehead atoms. The number of ether oxygens (including phenoxy) is 1. The molecule has 2 aromatic rings. The summed E-state index contributed by atoms with van der Waals surface area (Å²) >= 11 is 3.28. The van der Waals surface area contributed by atoms with E-state index >= 15 is 0 Å². The number of rotatable bonds is 6. The number of piperidine rings is 1. The van der Waals surface area contributed by atoms with Crippen LogP contribution in [0.1, 0.15) is 54.3 Å². The molecular weight excluding hydrogens is 508 g/mol. The van der Waals surface area contributed by atoms with Crippen LogP contribution in [0.3, 0.4) is 0 Å². The number of carboxylic acid groups (broad SMARTS) is 1. The summed E-state index contributed by atoms with van der Waals surface area (Å²) in [5, 5.41) is 15.2. The van der Waals surface area contributed by atoms with Crippen molar-refractivity contribution >= 4 is 51.4 Å². The maximum atomic E-state index is 12.2. The van der Waals surface area contributed by atoms with Gasteiger partial charge in [0.05, 0.1) is 5.56 Å². The molecule has 11 nitrogen and oxygen atoms in total. The molecule has 1 aliphatic rings. The molecule has 1 saturated heterocycles. The molecule has 34 heavy (non-hydrogen) atoms. The second-order valence-electron chi connectivity index (χ2n) is 8.89. The third kappa shape index (κ3) is 6.80. The van der Waals surface area contributed by atoms with E-state index in [0.29, 0.717) is 29.2 Å². The van der Waals surface area contributed by atoms with Gasteiger partial charge in [0.15, 0.2) is 0 Å². The number of benzene rings is 1. The second-order valence-corrected chi connectivity index (χ2v) is 9.80. The van der Waals surface area contributed by atoms with Crippen LogP contribution in [-0.4, -0.2) is 57.8 Å². The number of aromatic carboxylic acids is 1. The molecule has 3 rings (SSSR count). The first-order chi connectivity index (χ1) is 15.9. The van der Waals surface area contributed by atoms with Crippen molar-refractivity contribution in [1.82, 2.24) is 15.3 Å². The molecule has 0 aliphatic carbocycles. The number of carbonyl (C=O) groups excluding carboxylic acids is 2. The first-order valence-electron chi connectivity index (χ1n) is 10.6. The van der Waals surface area contributed by atoms with Crippen molar-refractivity contribution in [1.29, 1.82) is 0 Å². The standard InChI is InChI=1S/C22H27BrN6O5/c1-22(2,3)34-21(33)27-14-5-4-6-29(11-14)20-25-10-16(17(24)30)18(28-20)26-15-8-12(19(31)32)7-13(23)9-15/h7-10,14H,4-6,11H2,1-3H3,(H2,24,30)(H,27,33)(H,31,32)(H,25,26,28)/t14-/m0/s1. The van der Waals surface area contributed by atoms with Crippen LogP contribution < -0.4 is 21.3 Å². The highest BCUT2D eigenvalue weighted by Gasteiger charge is 2.26. The van der Waals surface area contributed by atoms with E-state index in [0.717, 1.165) is 12.8 Å². The van der Waals surface area contributed by atoms with Gasteiger partial charge in [-0.15, -0.1) is 0 Å². The molecule has 2 heterocycles. The van der Waals surface area contributed by atoms with Crippen LogP contribution in [0.25, 0.3) is 0 Å². The Morgan fingerprint density at radius 1 is 1.26 bits per heavy atom. The van der Waals surface area contributed by atoms with Crippen LogP contribution in [0.5, 0.6) is 0 Å². The number of aromatic nitrogens is 2. The molecule has 0 radical (unpaired) electrons. The van der Waals surface area contributed by atoms with Gasteiger partial charge in [0.2, 0.25) is 5.95 Å². The molecule has 0 spiro atoms. The Morgan fingerprint density at radius 2 is 2.00 bits per heavy atom. The molecule has 1 fully saturated rings. The molecule has 182 valence electrons. The van der Waals surface area contributed by atoms with Gasteiger partial charge in [-0.25, -0.2) is 14.6 Å². The summed E-state index contributed by atoms with van der Waals surface area (Å²) in [5.41, 5.74) is 5.41. The Labute approximate surface area is 205 Å². The Kier molecular flexibility index (Phi) is 7.60.